The Labute approximate surface area is 140 Å². The van der Waals surface area contributed by atoms with Crippen LogP contribution in [0.3, 0.4) is 0 Å². The Bertz CT molecular complexity index is 499. The molecular weight excluding hydrogens is 350 g/mol. The van der Waals surface area contributed by atoms with E-state index in [2.05, 4.69) is 21.2 Å². The van der Waals surface area contributed by atoms with E-state index in [9.17, 15) is 9.90 Å². The number of hydrogen-bond donors (Lipinski definition) is 2. The number of methoxy groups -OCH3 is 1. The lowest BCUT2D eigenvalue weighted by Crippen LogP contribution is -2.36. The molecule has 0 heterocycles. The van der Waals surface area contributed by atoms with Crippen molar-refractivity contribution in [1.29, 1.82) is 0 Å². The molecule has 1 aromatic rings. The van der Waals surface area contributed by atoms with Gasteiger partial charge in [0, 0.05) is 23.5 Å². The summed E-state index contributed by atoms with van der Waals surface area (Å²) in [5, 5.41) is 12.2. The number of amides is 1. The van der Waals surface area contributed by atoms with Crippen molar-refractivity contribution in [3.05, 3.63) is 28.2 Å². The molecule has 0 fully saturated rings. The van der Waals surface area contributed by atoms with Crippen molar-refractivity contribution in [2.24, 2.45) is 5.92 Å². The number of hydrogen-bond acceptors (Lipinski definition) is 4. The summed E-state index contributed by atoms with van der Waals surface area (Å²) in [4.78, 5) is 11.7. The van der Waals surface area contributed by atoms with Gasteiger partial charge in [-0.05, 0) is 51.0 Å². The number of aliphatic hydroxyl groups is 1. The Balaban J connectivity index is 2.62. The first-order chi connectivity index (χ1) is 10.2. The second-order valence-electron chi connectivity index (χ2n) is 6.09. The first-order valence-corrected chi connectivity index (χ1v) is 7.94. The number of nitrogens with one attached hydrogen (secondary N) is 1. The van der Waals surface area contributed by atoms with Crippen LogP contribution >= 0.6 is 15.9 Å². The van der Waals surface area contributed by atoms with Crippen molar-refractivity contribution in [2.45, 2.75) is 32.8 Å². The van der Waals surface area contributed by atoms with Crippen molar-refractivity contribution in [1.82, 2.24) is 5.32 Å². The molecule has 1 atom stereocenters. The zero-order valence-electron chi connectivity index (χ0n) is 13.5. The minimum Gasteiger partial charge on any atom is -0.496 e. The van der Waals surface area contributed by atoms with E-state index in [1.807, 2.05) is 39.0 Å². The maximum atomic E-state index is 11.7. The molecule has 5 nitrogen and oxygen atoms in total. The molecule has 0 radical (unpaired) electrons. The van der Waals surface area contributed by atoms with Gasteiger partial charge in [0.05, 0.1) is 7.11 Å². The fourth-order valence-electron chi connectivity index (χ4n) is 1.96. The summed E-state index contributed by atoms with van der Waals surface area (Å²) >= 11 is 3.42. The predicted octanol–water partition coefficient (Wildman–Crippen LogP) is 3.13. The molecular formula is C16H24BrNO4. The summed E-state index contributed by atoms with van der Waals surface area (Å²) in [5.41, 5.74) is 0.439. The standard InChI is InChI=1S/C16H24BrNO4/c1-16(2,3)22-15(20)18-9-11(10-19)7-12-8-13(17)5-6-14(12)21-4/h5-6,8,11,19H,7,9-10H2,1-4H3,(H,18,20)/t11-/m1/s1. The fourth-order valence-corrected chi connectivity index (χ4v) is 2.37. The predicted molar refractivity (Wildman–Crippen MR) is 89.2 cm³/mol. The average Bonchev–Trinajstić information content (AvgIpc) is 2.41. The number of halogens is 1. The van der Waals surface area contributed by atoms with Gasteiger partial charge in [0.25, 0.3) is 0 Å². The molecule has 0 saturated heterocycles. The first kappa shape index (κ1) is 18.8. The van der Waals surface area contributed by atoms with Gasteiger partial charge in [0.2, 0.25) is 0 Å². The molecule has 0 bridgehead atoms. The lowest BCUT2D eigenvalue weighted by Gasteiger charge is -2.21. The molecule has 0 aliphatic heterocycles. The van der Waals surface area contributed by atoms with Gasteiger partial charge in [-0.1, -0.05) is 15.9 Å². The van der Waals surface area contributed by atoms with Crippen molar-refractivity contribution in [2.75, 3.05) is 20.3 Å². The van der Waals surface area contributed by atoms with Crippen LogP contribution < -0.4 is 10.1 Å². The molecule has 0 aromatic heterocycles. The molecule has 0 saturated carbocycles. The highest BCUT2D eigenvalue weighted by atomic mass is 79.9. The van der Waals surface area contributed by atoms with Crippen molar-refractivity contribution >= 4 is 22.0 Å². The third-order valence-corrected chi connectivity index (χ3v) is 3.44. The van der Waals surface area contributed by atoms with Gasteiger partial charge in [-0.2, -0.15) is 0 Å². The second-order valence-corrected chi connectivity index (χ2v) is 7.01. The SMILES string of the molecule is COc1ccc(Br)cc1C[C@@H](CO)CNC(=O)OC(C)(C)C. The van der Waals surface area contributed by atoms with E-state index in [1.54, 1.807) is 7.11 Å². The molecule has 2 N–H and O–H groups in total. The molecule has 1 rings (SSSR count). The minimum atomic E-state index is -0.535. The monoisotopic (exact) mass is 373 g/mol. The van der Waals surface area contributed by atoms with Crippen LogP contribution in [-0.2, 0) is 11.2 Å². The summed E-state index contributed by atoms with van der Waals surface area (Å²) < 4.78 is 11.5. The zero-order valence-corrected chi connectivity index (χ0v) is 15.1. The Morgan fingerprint density at radius 2 is 2.09 bits per heavy atom. The summed E-state index contributed by atoms with van der Waals surface area (Å²) in [6, 6.07) is 5.72. The number of ether oxygens (including phenoxy) is 2. The molecule has 6 heteroatoms. The molecule has 0 spiro atoms. The van der Waals surface area contributed by atoms with Gasteiger partial charge in [0.15, 0.2) is 0 Å². The molecule has 1 aromatic carbocycles. The second kappa shape index (κ2) is 8.39. The summed E-state index contributed by atoms with van der Waals surface area (Å²) in [6.45, 7) is 5.72. The molecule has 124 valence electrons. The highest BCUT2D eigenvalue weighted by Crippen LogP contribution is 2.25. The Kier molecular flexibility index (Phi) is 7.16. The van der Waals surface area contributed by atoms with Gasteiger partial charge in [-0.15, -0.1) is 0 Å². The Morgan fingerprint density at radius 3 is 2.64 bits per heavy atom. The lowest BCUT2D eigenvalue weighted by molar-refractivity contribution is 0.0512. The smallest absolute Gasteiger partial charge is 0.407 e. The van der Waals surface area contributed by atoms with Crippen LogP contribution in [0.15, 0.2) is 22.7 Å². The van der Waals surface area contributed by atoms with E-state index in [1.165, 1.54) is 0 Å². The number of carbonyl (C=O) groups is 1. The third kappa shape index (κ3) is 6.66. The lowest BCUT2D eigenvalue weighted by atomic mass is 9.99. The number of alkyl carbamates (subject to hydrolysis) is 1. The van der Waals surface area contributed by atoms with Crippen molar-refractivity contribution in [3.8, 4) is 5.75 Å². The number of aliphatic hydroxyl groups excluding tert-OH is 1. The number of benzene rings is 1. The molecule has 22 heavy (non-hydrogen) atoms. The van der Waals surface area contributed by atoms with E-state index in [0.29, 0.717) is 13.0 Å². The zero-order chi connectivity index (χ0) is 16.8. The largest absolute Gasteiger partial charge is 0.496 e. The fraction of sp³-hybridized carbons (Fsp3) is 0.562. The van der Waals surface area contributed by atoms with E-state index in [0.717, 1.165) is 15.8 Å². The molecule has 0 aliphatic rings. The van der Waals surface area contributed by atoms with Crippen molar-refractivity contribution < 1.29 is 19.4 Å². The van der Waals surface area contributed by atoms with E-state index < -0.39 is 11.7 Å². The maximum absolute atomic E-state index is 11.7. The average molecular weight is 374 g/mol. The van der Waals surface area contributed by atoms with Crippen LogP contribution in [0.4, 0.5) is 4.79 Å². The van der Waals surface area contributed by atoms with Crippen molar-refractivity contribution in [3.63, 3.8) is 0 Å². The molecule has 1 amide bonds. The number of carbonyl (C=O) groups excluding carboxylic acids is 1. The van der Waals surface area contributed by atoms with Gasteiger partial charge in [-0.25, -0.2) is 4.79 Å². The van der Waals surface area contributed by atoms with Crippen LogP contribution in [0.1, 0.15) is 26.3 Å². The number of rotatable bonds is 6. The minimum absolute atomic E-state index is 0.0362. The normalized spacial score (nSPS) is 12.6. The van der Waals surface area contributed by atoms with Gasteiger partial charge >= 0.3 is 6.09 Å². The summed E-state index contributed by atoms with van der Waals surface area (Å²) in [5.74, 6) is 0.648. The highest BCUT2D eigenvalue weighted by molar-refractivity contribution is 9.10. The van der Waals surface area contributed by atoms with Gasteiger partial charge in [-0.3, -0.25) is 0 Å². The van der Waals surface area contributed by atoms with Crippen LogP contribution in [0.25, 0.3) is 0 Å². The quantitative estimate of drug-likeness (QED) is 0.803. The summed E-state index contributed by atoms with van der Waals surface area (Å²) in [6.07, 6.45) is 0.113. The summed E-state index contributed by atoms with van der Waals surface area (Å²) in [7, 11) is 1.61. The molecule has 0 aliphatic carbocycles. The highest BCUT2D eigenvalue weighted by Gasteiger charge is 2.18. The van der Waals surface area contributed by atoms with E-state index in [-0.39, 0.29) is 12.5 Å². The first-order valence-electron chi connectivity index (χ1n) is 7.15. The van der Waals surface area contributed by atoms with Crippen LogP contribution in [-0.4, -0.2) is 37.1 Å². The van der Waals surface area contributed by atoms with Crippen LogP contribution in [0.2, 0.25) is 0 Å². The molecule has 0 unspecified atom stereocenters. The Hall–Kier alpha value is -1.27. The van der Waals surface area contributed by atoms with Crippen LogP contribution in [0, 0.1) is 5.92 Å². The maximum Gasteiger partial charge on any atom is 0.407 e. The van der Waals surface area contributed by atoms with Crippen LogP contribution in [0.5, 0.6) is 5.75 Å². The van der Waals surface area contributed by atoms with E-state index in [4.69, 9.17) is 9.47 Å². The van der Waals surface area contributed by atoms with E-state index >= 15 is 0 Å². The third-order valence-electron chi connectivity index (χ3n) is 2.94. The van der Waals surface area contributed by atoms with Gasteiger partial charge in [0.1, 0.15) is 11.4 Å². The van der Waals surface area contributed by atoms with Gasteiger partial charge < -0.3 is 19.9 Å². The topological polar surface area (TPSA) is 67.8 Å². The Morgan fingerprint density at radius 1 is 1.41 bits per heavy atom.